The second-order valence-electron chi connectivity index (χ2n) is 5.63. The van der Waals surface area contributed by atoms with Gasteiger partial charge in [-0.15, -0.1) is 0 Å². The lowest BCUT2D eigenvalue weighted by atomic mass is 9.87. The van der Waals surface area contributed by atoms with E-state index in [0.29, 0.717) is 12.8 Å². The fraction of sp³-hybridized carbons (Fsp3) is 0.643. The van der Waals surface area contributed by atoms with E-state index in [4.69, 9.17) is 4.42 Å². The van der Waals surface area contributed by atoms with Crippen molar-refractivity contribution in [2.75, 3.05) is 7.05 Å². The predicted molar refractivity (Wildman–Crippen MR) is 68.7 cm³/mol. The van der Waals surface area contributed by atoms with E-state index >= 15 is 0 Å². The molecular formula is C14H23NO2. The monoisotopic (exact) mass is 237 g/mol. The van der Waals surface area contributed by atoms with E-state index < -0.39 is 0 Å². The molecule has 0 radical (unpaired) electrons. The van der Waals surface area contributed by atoms with Crippen molar-refractivity contribution >= 4 is 5.91 Å². The van der Waals surface area contributed by atoms with Gasteiger partial charge in [0.15, 0.2) is 0 Å². The van der Waals surface area contributed by atoms with Gasteiger partial charge >= 0.3 is 0 Å². The molecule has 1 heterocycles. The zero-order chi connectivity index (χ0) is 13.1. The van der Waals surface area contributed by atoms with Gasteiger partial charge in [-0.3, -0.25) is 4.79 Å². The van der Waals surface area contributed by atoms with Gasteiger partial charge in [-0.2, -0.15) is 0 Å². The van der Waals surface area contributed by atoms with Crippen LogP contribution in [0.5, 0.6) is 0 Å². The number of furan rings is 1. The number of nitrogens with zero attached hydrogens (tertiary/aromatic N) is 1. The van der Waals surface area contributed by atoms with Crippen molar-refractivity contribution in [3.05, 3.63) is 24.2 Å². The Morgan fingerprint density at radius 1 is 1.47 bits per heavy atom. The summed E-state index contributed by atoms with van der Waals surface area (Å²) in [4.78, 5) is 13.8. The standard InChI is InChI=1S/C14H23NO2/c1-11(14(2,3)4)15(5)13(16)9-8-12-7-6-10-17-12/h6-7,10-11H,8-9H2,1-5H3/t11-/m0/s1. The van der Waals surface area contributed by atoms with E-state index in [1.165, 1.54) is 0 Å². The quantitative estimate of drug-likeness (QED) is 0.806. The minimum absolute atomic E-state index is 0.106. The van der Waals surface area contributed by atoms with Crippen LogP contribution in [0.15, 0.2) is 22.8 Å². The maximum atomic E-state index is 12.0. The fourth-order valence-electron chi connectivity index (χ4n) is 1.66. The number of amides is 1. The van der Waals surface area contributed by atoms with Gasteiger partial charge in [-0.05, 0) is 24.5 Å². The van der Waals surface area contributed by atoms with Crippen molar-refractivity contribution in [2.45, 2.75) is 46.6 Å². The Labute approximate surface area is 104 Å². The van der Waals surface area contributed by atoms with E-state index in [2.05, 4.69) is 27.7 Å². The minimum Gasteiger partial charge on any atom is -0.469 e. The Balaban J connectivity index is 2.47. The van der Waals surface area contributed by atoms with Crippen molar-refractivity contribution in [1.29, 1.82) is 0 Å². The number of hydrogen-bond donors (Lipinski definition) is 0. The summed E-state index contributed by atoms with van der Waals surface area (Å²) in [7, 11) is 1.88. The third-order valence-electron chi connectivity index (χ3n) is 3.39. The second-order valence-corrected chi connectivity index (χ2v) is 5.63. The van der Waals surface area contributed by atoms with Crippen molar-refractivity contribution in [1.82, 2.24) is 4.90 Å². The van der Waals surface area contributed by atoms with Crippen LogP contribution < -0.4 is 0 Å². The van der Waals surface area contributed by atoms with Crippen molar-refractivity contribution in [2.24, 2.45) is 5.41 Å². The van der Waals surface area contributed by atoms with E-state index in [1.807, 2.05) is 24.1 Å². The molecule has 1 rings (SSSR count). The molecular weight excluding hydrogens is 214 g/mol. The van der Waals surface area contributed by atoms with Gasteiger partial charge in [-0.1, -0.05) is 20.8 Å². The summed E-state index contributed by atoms with van der Waals surface area (Å²) in [5, 5.41) is 0. The van der Waals surface area contributed by atoms with Crippen LogP contribution in [-0.2, 0) is 11.2 Å². The number of rotatable bonds is 4. The molecule has 0 bridgehead atoms. The van der Waals surface area contributed by atoms with Gasteiger partial charge < -0.3 is 9.32 Å². The molecule has 1 aromatic rings. The summed E-state index contributed by atoms with van der Waals surface area (Å²) in [5.74, 6) is 1.04. The molecule has 0 spiro atoms. The molecule has 0 unspecified atom stereocenters. The normalized spacial score (nSPS) is 13.5. The molecule has 0 aliphatic rings. The van der Waals surface area contributed by atoms with Crippen LogP contribution in [0.2, 0.25) is 0 Å². The highest BCUT2D eigenvalue weighted by molar-refractivity contribution is 5.76. The molecule has 0 aliphatic heterocycles. The molecule has 1 aromatic heterocycles. The van der Waals surface area contributed by atoms with Crippen LogP contribution in [-0.4, -0.2) is 23.9 Å². The lowest BCUT2D eigenvalue weighted by Gasteiger charge is -2.35. The summed E-state index contributed by atoms with van der Waals surface area (Å²) in [5.41, 5.74) is 0.106. The van der Waals surface area contributed by atoms with E-state index in [1.54, 1.807) is 6.26 Å². The van der Waals surface area contributed by atoms with Gasteiger partial charge in [0.25, 0.3) is 0 Å². The van der Waals surface area contributed by atoms with Crippen LogP contribution in [0, 0.1) is 5.41 Å². The Hall–Kier alpha value is -1.25. The number of hydrogen-bond acceptors (Lipinski definition) is 2. The van der Waals surface area contributed by atoms with E-state index in [0.717, 1.165) is 5.76 Å². The first kappa shape index (κ1) is 13.8. The van der Waals surface area contributed by atoms with Crippen LogP contribution in [0.3, 0.4) is 0 Å². The SMILES string of the molecule is C[C@H](N(C)C(=O)CCc1ccco1)C(C)(C)C. The first-order valence-electron chi connectivity index (χ1n) is 6.10. The molecule has 0 saturated heterocycles. The highest BCUT2D eigenvalue weighted by Gasteiger charge is 2.26. The minimum atomic E-state index is 0.106. The van der Waals surface area contributed by atoms with Gasteiger partial charge in [0.05, 0.1) is 6.26 Å². The third-order valence-corrected chi connectivity index (χ3v) is 3.39. The molecule has 1 atom stereocenters. The zero-order valence-corrected chi connectivity index (χ0v) is 11.5. The van der Waals surface area contributed by atoms with Crippen LogP contribution >= 0.6 is 0 Å². The Morgan fingerprint density at radius 3 is 2.59 bits per heavy atom. The molecule has 0 fully saturated rings. The maximum Gasteiger partial charge on any atom is 0.223 e. The first-order valence-corrected chi connectivity index (χ1v) is 6.10. The molecule has 0 aliphatic carbocycles. The highest BCUT2D eigenvalue weighted by Crippen LogP contribution is 2.23. The smallest absolute Gasteiger partial charge is 0.223 e. The molecule has 96 valence electrons. The van der Waals surface area contributed by atoms with Gasteiger partial charge in [0.1, 0.15) is 5.76 Å². The molecule has 0 saturated carbocycles. The molecule has 0 N–H and O–H groups in total. The molecule has 17 heavy (non-hydrogen) atoms. The van der Waals surface area contributed by atoms with Crippen LogP contribution in [0.1, 0.15) is 39.9 Å². The first-order chi connectivity index (χ1) is 7.82. The molecule has 3 heteroatoms. The van der Waals surface area contributed by atoms with Crippen molar-refractivity contribution < 1.29 is 9.21 Å². The topological polar surface area (TPSA) is 33.5 Å². The van der Waals surface area contributed by atoms with Gasteiger partial charge in [-0.25, -0.2) is 0 Å². The van der Waals surface area contributed by atoms with Gasteiger partial charge in [0, 0.05) is 25.9 Å². The summed E-state index contributed by atoms with van der Waals surface area (Å²) in [6, 6.07) is 3.98. The van der Waals surface area contributed by atoms with Crippen molar-refractivity contribution in [3.63, 3.8) is 0 Å². The summed E-state index contributed by atoms with van der Waals surface area (Å²) in [6.45, 7) is 8.53. The molecule has 3 nitrogen and oxygen atoms in total. The van der Waals surface area contributed by atoms with E-state index in [-0.39, 0.29) is 17.4 Å². The summed E-state index contributed by atoms with van der Waals surface area (Å²) in [6.07, 6.45) is 2.82. The molecule has 1 amide bonds. The lowest BCUT2D eigenvalue weighted by Crippen LogP contribution is -2.43. The number of aryl methyl sites for hydroxylation is 1. The number of carbonyl (C=O) groups excluding carboxylic acids is 1. The van der Waals surface area contributed by atoms with Crippen molar-refractivity contribution in [3.8, 4) is 0 Å². The van der Waals surface area contributed by atoms with E-state index in [9.17, 15) is 4.79 Å². The average molecular weight is 237 g/mol. The predicted octanol–water partition coefficient (Wildman–Crippen LogP) is 3.11. The fourth-order valence-corrected chi connectivity index (χ4v) is 1.66. The Bertz CT molecular complexity index is 349. The molecule has 0 aromatic carbocycles. The van der Waals surface area contributed by atoms with Crippen LogP contribution in [0.4, 0.5) is 0 Å². The summed E-state index contributed by atoms with van der Waals surface area (Å²) < 4.78 is 5.22. The average Bonchev–Trinajstić information content (AvgIpc) is 2.75. The second kappa shape index (κ2) is 5.39. The zero-order valence-electron chi connectivity index (χ0n) is 11.5. The largest absolute Gasteiger partial charge is 0.469 e. The van der Waals surface area contributed by atoms with Crippen LogP contribution in [0.25, 0.3) is 0 Å². The Kier molecular flexibility index (Phi) is 4.38. The Morgan fingerprint density at radius 2 is 2.12 bits per heavy atom. The third kappa shape index (κ3) is 3.91. The maximum absolute atomic E-state index is 12.0. The highest BCUT2D eigenvalue weighted by atomic mass is 16.3. The summed E-state index contributed by atoms with van der Waals surface area (Å²) >= 11 is 0. The van der Waals surface area contributed by atoms with Gasteiger partial charge in [0.2, 0.25) is 5.91 Å². The lowest BCUT2D eigenvalue weighted by molar-refractivity contribution is -0.133. The number of carbonyl (C=O) groups is 1.